The second-order valence-corrected chi connectivity index (χ2v) is 9.28. The third-order valence-electron chi connectivity index (χ3n) is 4.82. The molecule has 2 rings (SSSR count). The van der Waals surface area contributed by atoms with Crippen LogP contribution in [-0.2, 0) is 25.2 Å². The van der Waals surface area contributed by atoms with Crippen molar-refractivity contribution >= 4 is 46.3 Å². The van der Waals surface area contributed by atoms with Gasteiger partial charge in [0.15, 0.2) is 0 Å². The molecule has 0 radical (unpaired) electrons. The molecule has 0 heterocycles. The Balaban J connectivity index is 1.97. The molecule has 0 bridgehead atoms. The third-order valence-corrected chi connectivity index (χ3v) is 6.65. The van der Waals surface area contributed by atoms with Crippen molar-refractivity contribution in [2.24, 2.45) is 0 Å². The SMILES string of the molecule is O=[N+]([O-])c1cc(Cl)c(CCCSCCCc2c(Cl)cc([N+](=O)[O-])cc2C(F)(F)F)c(C(F)(F)F)c1. The highest BCUT2D eigenvalue weighted by Crippen LogP contribution is 2.40. The Bertz CT molecular complexity index is 1030. The van der Waals surface area contributed by atoms with E-state index in [1.807, 2.05) is 0 Å². The van der Waals surface area contributed by atoms with Crippen LogP contribution in [-0.4, -0.2) is 21.4 Å². The van der Waals surface area contributed by atoms with Crippen molar-refractivity contribution in [2.75, 3.05) is 11.5 Å². The first-order valence-corrected chi connectivity index (χ1v) is 11.7. The normalized spacial score (nSPS) is 12.1. The van der Waals surface area contributed by atoms with Crippen LogP contribution < -0.4 is 0 Å². The van der Waals surface area contributed by atoms with E-state index < -0.39 is 44.7 Å². The first kappa shape index (κ1) is 29.0. The molecule has 0 spiro atoms. The molecule has 15 heteroatoms. The summed E-state index contributed by atoms with van der Waals surface area (Å²) in [5, 5.41) is 20.9. The van der Waals surface area contributed by atoms with Crippen molar-refractivity contribution in [3.8, 4) is 0 Å². The zero-order chi connectivity index (χ0) is 26.6. The summed E-state index contributed by atoms with van der Waals surface area (Å²) < 4.78 is 79.9. The Morgan fingerprint density at radius 1 is 0.714 bits per heavy atom. The fraction of sp³-hybridized carbons (Fsp3) is 0.400. The number of benzene rings is 2. The zero-order valence-corrected chi connectivity index (χ0v) is 19.8. The molecule has 6 nitrogen and oxygen atoms in total. The predicted molar refractivity (Wildman–Crippen MR) is 120 cm³/mol. The van der Waals surface area contributed by atoms with Crippen LogP contribution in [0.4, 0.5) is 37.7 Å². The van der Waals surface area contributed by atoms with Crippen LogP contribution in [0.2, 0.25) is 10.0 Å². The molecule has 2 aromatic carbocycles. The van der Waals surface area contributed by atoms with E-state index in [-0.39, 0.29) is 46.9 Å². The summed E-state index contributed by atoms with van der Waals surface area (Å²) in [5.41, 5.74) is -4.45. The smallest absolute Gasteiger partial charge is 0.258 e. The van der Waals surface area contributed by atoms with Gasteiger partial charge in [-0.05, 0) is 48.3 Å². The summed E-state index contributed by atoms with van der Waals surface area (Å²) in [7, 11) is 0. The number of nitro benzene ring substituents is 2. The molecule has 0 saturated carbocycles. The van der Waals surface area contributed by atoms with Crippen LogP contribution in [0.15, 0.2) is 24.3 Å². The molecule has 0 saturated heterocycles. The van der Waals surface area contributed by atoms with Crippen LogP contribution in [0.3, 0.4) is 0 Å². The van der Waals surface area contributed by atoms with E-state index in [1.165, 1.54) is 11.8 Å². The fourth-order valence-corrected chi connectivity index (χ4v) is 4.79. The summed E-state index contributed by atoms with van der Waals surface area (Å²) >= 11 is 13.0. The lowest BCUT2D eigenvalue weighted by Gasteiger charge is -2.15. The number of hydrogen-bond donors (Lipinski definition) is 0. The third kappa shape index (κ3) is 7.87. The van der Waals surface area contributed by atoms with Gasteiger partial charge in [-0.3, -0.25) is 20.2 Å². The van der Waals surface area contributed by atoms with E-state index in [2.05, 4.69) is 0 Å². The minimum atomic E-state index is -4.83. The lowest BCUT2D eigenvalue weighted by atomic mass is 10.0. The van der Waals surface area contributed by atoms with Gasteiger partial charge in [-0.2, -0.15) is 38.1 Å². The average molecular weight is 565 g/mol. The lowest BCUT2D eigenvalue weighted by molar-refractivity contribution is -0.385. The predicted octanol–water partition coefficient (Wildman–Crippen LogP) is 8.15. The van der Waals surface area contributed by atoms with Gasteiger partial charge in [0.2, 0.25) is 0 Å². The van der Waals surface area contributed by atoms with Crippen LogP contribution in [0, 0.1) is 20.2 Å². The topological polar surface area (TPSA) is 86.3 Å². The van der Waals surface area contributed by atoms with Crippen molar-refractivity contribution in [2.45, 2.75) is 38.0 Å². The van der Waals surface area contributed by atoms with Crippen molar-refractivity contribution in [3.63, 3.8) is 0 Å². The number of rotatable bonds is 10. The molecule has 2 aromatic rings. The first-order valence-electron chi connectivity index (χ1n) is 9.78. The number of halogens is 8. The van der Waals surface area contributed by atoms with Crippen molar-refractivity contribution < 1.29 is 36.2 Å². The Labute approximate surface area is 208 Å². The van der Waals surface area contributed by atoms with E-state index in [0.29, 0.717) is 23.6 Å². The van der Waals surface area contributed by atoms with E-state index in [9.17, 15) is 46.6 Å². The second kappa shape index (κ2) is 11.7. The van der Waals surface area contributed by atoms with Crippen molar-refractivity contribution in [1.82, 2.24) is 0 Å². The minimum absolute atomic E-state index is 0.106. The molecule has 0 aromatic heterocycles. The largest absolute Gasteiger partial charge is 0.416 e. The molecule has 35 heavy (non-hydrogen) atoms. The Kier molecular flexibility index (Phi) is 9.65. The summed E-state index contributed by atoms with van der Waals surface area (Å²) in [5.74, 6) is 0.704. The Morgan fingerprint density at radius 2 is 1.06 bits per heavy atom. The van der Waals surface area contributed by atoms with Gasteiger partial charge in [0, 0.05) is 24.3 Å². The standard InChI is InChI=1S/C20H16Cl2F6N2O4S/c21-17-9-11(29(31)32)7-15(19(23,24)25)13(17)3-1-5-35-6-2-4-14-16(20(26,27)28)8-12(30(33)34)10-18(14)22/h7-10H,1-6H2. The average Bonchev–Trinajstić information content (AvgIpc) is 2.72. The molecule has 0 fully saturated rings. The monoisotopic (exact) mass is 564 g/mol. The molecular formula is C20H16Cl2F6N2O4S. The van der Waals surface area contributed by atoms with E-state index in [4.69, 9.17) is 23.2 Å². The number of thioether (sulfide) groups is 1. The second-order valence-electron chi connectivity index (χ2n) is 7.24. The molecule has 0 atom stereocenters. The van der Waals surface area contributed by atoms with E-state index in [1.54, 1.807) is 0 Å². The van der Waals surface area contributed by atoms with Crippen molar-refractivity contribution in [3.05, 3.63) is 76.8 Å². The number of non-ortho nitro benzene ring substituents is 2. The Hall–Kier alpha value is -2.25. The maximum absolute atomic E-state index is 13.3. The van der Waals surface area contributed by atoms with Crippen molar-refractivity contribution in [1.29, 1.82) is 0 Å². The summed E-state index contributed by atoms with van der Waals surface area (Å²) in [6, 6.07) is 2.57. The minimum Gasteiger partial charge on any atom is -0.258 e. The van der Waals surface area contributed by atoms with Crippen LogP contribution in [0.5, 0.6) is 0 Å². The number of alkyl halides is 6. The highest BCUT2D eigenvalue weighted by Gasteiger charge is 2.37. The Morgan fingerprint density at radius 3 is 1.34 bits per heavy atom. The van der Waals surface area contributed by atoms with E-state index >= 15 is 0 Å². The number of nitro groups is 2. The van der Waals surface area contributed by atoms with Gasteiger partial charge in [-0.25, -0.2) is 0 Å². The maximum atomic E-state index is 13.3. The summed E-state index contributed by atoms with van der Waals surface area (Å²) in [4.78, 5) is 19.7. The lowest BCUT2D eigenvalue weighted by Crippen LogP contribution is -2.11. The summed E-state index contributed by atoms with van der Waals surface area (Å²) in [6.07, 6.45) is -9.42. The first-order chi connectivity index (χ1) is 16.1. The van der Waals surface area contributed by atoms with Gasteiger partial charge in [0.25, 0.3) is 11.4 Å². The highest BCUT2D eigenvalue weighted by molar-refractivity contribution is 7.99. The molecule has 0 unspecified atom stereocenters. The van der Waals surface area contributed by atoms with Crippen LogP contribution in [0.25, 0.3) is 0 Å². The summed E-state index contributed by atoms with van der Waals surface area (Å²) in [6.45, 7) is 0. The van der Waals surface area contributed by atoms with Crippen LogP contribution in [0.1, 0.15) is 35.1 Å². The van der Waals surface area contributed by atoms with Gasteiger partial charge in [0.1, 0.15) is 0 Å². The maximum Gasteiger partial charge on any atom is 0.416 e. The van der Waals surface area contributed by atoms with E-state index in [0.717, 1.165) is 12.1 Å². The zero-order valence-electron chi connectivity index (χ0n) is 17.5. The molecule has 0 amide bonds. The molecule has 192 valence electrons. The molecule has 0 aliphatic carbocycles. The molecular weight excluding hydrogens is 549 g/mol. The van der Waals surface area contributed by atoms with Crippen LogP contribution >= 0.6 is 35.0 Å². The van der Waals surface area contributed by atoms with Gasteiger partial charge >= 0.3 is 12.4 Å². The number of nitrogens with zero attached hydrogens (tertiary/aromatic N) is 2. The van der Waals surface area contributed by atoms with Gasteiger partial charge in [-0.15, -0.1) is 0 Å². The molecule has 0 aliphatic rings. The van der Waals surface area contributed by atoms with Gasteiger partial charge < -0.3 is 0 Å². The quantitative estimate of drug-likeness (QED) is 0.126. The van der Waals surface area contributed by atoms with Gasteiger partial charge in [0.05, 0.1) is 31.0 Å². The molecule has 0 N–H and O–H groups in total. The highest BCUT2D eigenvalue weighted by atomic mass is 35.5. The van der Waals surface area contributed by atoms with Gasteiger partial charge in [-0.1, -0.05) is 23.2 Å². The fourth-order valence-electron chi connectivity index (χ4n) is 3.27. The number of hydrogen-bond acceptors (Lipinski definition) is 5. The molecule has 0 aliphatic heterocycles.